The first-order valence-electron chi connectivity index (χ1n) is 17.2. The molecule has 0 N–H and O–H groups in total. The zero-order valence-corrected chi connectivity index (χ0v) is 28.3. The standard InChI is InChI=1S/C43H28N8O2/c1-26(52)53-43-50-35-18-19-36(50)41(29-12-4-8-24-46-29)33-16-17-34(49-33)42(30-13-5-9-25-47-30)38-21-20-37(51(38)43)40(28-11-3-7-23-45-28)32-15-14-31(48-32)39(35)27-10-2-6-22-44-27/h2-25,43H,1H3. The number of hydrogen-bond acceptors (Lipinski definition) is 8. The molecule has 6 aromatic heterocycles. The number of nitrogens with zero attached hydrogens (tertiary/aromatic N) is 8. The van der Waals surface area contributed by atoms with E-state index < -0.39 is 12.3 Å². The first-order valence-corrected chi connectivity index (χ1v) is 17.2. The normalized spacial score (nSPS) is 16.9. The van der Waals surface area contributed by atoms with Gasteiger partial charge in [0, 0.05) is 54.0 Å². The Morgan fingerprint density at radius 3 is 1.30 bits per heavy atom. The molecular weight excluding hydrogens is 661 g/mol. The maximum Gasteiger partial charge on any atom is 0.305 e. The van der Waals surface area contributed by atoms with Crippen LogP contribution in [0.1, 0.15) is 47.4 Å². The second kappa shape index (κ2) is 12.2. The van der Waals surface area contributed by atoms with Gasteiger partial charge in [-0.05, 0) is 97.1 Å². The van der Waals surface area contributed by atoms with E-state index in [2.05, 4.69) is 0 Å². The first kappa shape index (κ1) is 30.5. The maximum atomic E-state index is 13.5. The van der Waals surface area contributed by atoms with Gasteiger partial charge in [0.15, 0.2) is 0 Å². The summed E-state index contributed by atoms with van der Waals surface area (Å²) in [6.45, 7) is 1.43. The highest BCUT2D eigenvalue weighted by atomic mass is 16.6. The van der Waals surface area contributed by atoms with Crippen LogP contribution >= 0.6 is 0 Å². The lowest BCUT2D eigenvalue weighted by atomic mass is 10.0. The summed E-state index contributed by atoms with van der Waals surface area (Å²) < 4.78 is 10.7. The molecule has 10 heteroatoms. The summed E-state index contributed by atoms with van der Waals surface area (Å²) in [6.07, 6.45) is 14.1. The number of ether oxygens (including phenoxy) is 1. The van der Waals surface area contributed by atoms with Crippen molar-refractivity contribution in [2.24, 2.45) is 9.98 Å². The minimum Gasteiger partial charge on any atom is -0.422 e. The van der Waals surface area contributed by atoms with E-state index >= 15 is 0 Å². The maximum absolute atomic E-state index is 13.5. The molecule has 10 nitrogen and oxygen atoms in total. The van der Waals surface area contributed by atoms with Crippen LogP contribution in [0.15, 0.2) is 168 Å². The van der Waals surface area contributed by atoms with Crippen LogP contribution in [0.5, 0.6) is 0 Å². The van der Waals surface area contributed by atoms with Crippen LogP contribution in [0.2, 0.25) is 0 Å². The number of pyridine rings is 4. The van der Waals surface area contributed by atoms with Crippen molar-refractivity contribution in [2.45, 2.75) is 13.3 Å². The number of aliphatic imine (C=N–C) groups is 2. The van der Waals surface area contributed by atoms with Crippen molar-refractivity contribution in [3.63, 3.8) is 0 Å². The molecule has 4 aliphatic heterocycles. The summed E-state index contributed by atoms with van der Waals surface area (Å²) in [5, 5.41) is 1.48. The molecule has 10 rings (SSSR count). The van der Waals surface area contributed by atoms with Gasteiger partial charge in [-0.25, -0.2) is 9.98 Å². The number of hydrogen-bond donors (Lipinski definition) is 0. The fraction of sp³-hybridized carbons (Fsp3) is 0.0465. The van der Waals surface area contributed by atoms with Crippen molar-refractivity contribution >= 4 is 39.7 Å². The molecule has 4 aliphatic rings. The summed E-state index contributed by atoms with van der Waals surface area (Å²) in [4.78, 5) is 43.4. The SMILES string of the molecule is CC(=O)OC1n2c3ccc2C(c2ccccn2)=C2C=CC(=N2)C(c2ccccn2)=c2ccc(n21)=C(c1ccccn1)C1=NC(=C3c2ccccn2)C=C1. The van der Waals surface area contributed by atoms with Crippen LogP contribution in [0.25, 0.3) is 22.3 Å². The van der Waals surface area contributed by atoms with Crippen molar-refractivity contribution in [1.82, 2.24) is 29.1 Å². The largest absolute Gasteiger partial charge is 0.422 e. The molecule has 252 valence electrons. The second-order valence-electron chi connectivity index (χ2n) is 12.7. The third kappa shape index (κ3) is 4.91. The Hall–Kier alpha value is -7.33. The topological polar surface area (TPSA) is 112 Å². The number of carbonyl (C=O) groups is 1. The summed E-state index contributed by atoms with van der Waals surface area (Å²) >= 11 is 0. The van der Waals surface area contributed by atoms with E-state index in [0.717, 1.165) is 44.4 Å². The Labute approximate surface area is 303 Å². The van der Waals surface area contributed by atoms with E-state index in [9.17, 15) is 4.79 Å². The Morgan fingerprint density at radius 2 is 0.925 bits per heavy atom. The molecule has 10 heterocycles. The highest BCUT2D eigenvalue weighted by Gasteiger charge is 2.34. The van der Waals surface area contributed by atoms with Gasteiger partial charge in [0.05, 0.1) is 67.7 Å². The van der Waals surface area contributed by atoms with Gasteiger partial charge in [-0.1, -0.05) is 24.3 Å². The lowest BCUT2D eigenvalue weighted by molar-refractivity contribution is -0.153. The fourth-order valence-corrected chi connectivity index (χ4v) is 7.46. The lowest BCUT2D eigenvalue weighted by Gasteiger charge is -2.29. The number of rotatable bonds is 5. The molecule has 1 atom stereocenters. The van der Waals surface area contributed by atoms with Crippen LogP contribution in [0, 0.1) is 0 Å². The molecule has 0 radical (unpaired) electrons. The Kier molecular flexibility index (Phi) is 7.00. The molecule has 0 amide bonds. The van der Waals surface area contributed by atoms with E-state index in [-0.39, 0.29) is 0 Å². The van der Waals surface area contributed by atoms with Crippen LogP contribution < -0.4 is 10.7 Å². The second-order valence-corrected chi connectivity index (χ2v) is 12.7. The molecular formula is C43H28N8O2. The van der Waals surface area contributed by atoms with Gasteiger partial charge >= 0.3 is 5.97 Å². The molecule has 0 saturated heterocycles. The number of aromatic nitrogens is 6. The predicted molar refractivity (Wildman–Crippen MR) is 201 cm³/mol. The monoisotopic (exact) mass is 688 g/mol. The van der Waals surface area contributed by atoms with E-state index in [1.807, 2.05) is 131 Å². The molecule has 0 aliphatic carbocycles. The minimum absolute atomic E-state index is 0.463. The van der Waals surface area contributed by atoms with Gasteiger partial charge in [0.1, 0.15) is 0 Å². The van der Waals surface area contributed by atoms with E-state index in [4.69, 9.17) is 34.7 Å². The molecule has 53 heavy (non-hydrogen) atoms. The molecule has 1 unspecified atom stereocenters. The van der Waals surface area contributed by atoms with Gasteiger partial charge < -0.3 is 4.74 Å². The highest BCUT2D eigenvalue weighted by molar-refractivity contribution is 6.31. The zero-order chi connectivity index (χ0) is 35.5. The van der Waals surface area contributed by atoms with Gasteiger partial charge in [0.25, 0.3) is 6.35 Å². The van der Waals surface area contributed by atoms with Crippen molar-refractivity contribution in [2.75, 3.05) is 0 Å². The van der Waals surface area contributed by atoms with Gasteiger partial charge in [-0.3, -0.25) is 33.9 Å². The van der Waals surface area contributed by atoms with Gasteiger partial charge in [0.2, 0.25) is 0 Å². The quantitative estimate of drug-likeness (QED) is 0.224. The summed E-state index contributed by atoms with van der Waals surface area (Å²) in [5.74, 6) is -0.463. The molecule has 0 aromatic carbocycles. The predicted octanol–water partition coefficient (Wildman–Crippen LogP) is 5.40. The highest BCUT2D eigenvalue weighted by Crippen LogP contribution is 2.40. The van der Waals surface area contributed by atoms with Crippen LogP contribution in [0.4, 0.5) is 0 Å². The molecule has 0 fully saturated rings. The lowest BCUT2D eigenvalue weighted by Crippen LogP contribution is -2.41. The van der Waals surface area contributed by atoms with Crippen molar-refractivity contribution in [3.05, 3.63) is 202 Å². The van der Waals surface area contributed by atoms with Gasteiger partial charge in [-0.2, -0.15) is 0 Å². The van der Waals surface area contributed by atoms with E-state index in [1.165, 1.54) is 6.92 Å². The van der Waals surface area contributed by atoms with Crippen molar-refractivity contribution in [1.29, 1.82) is 0 Å². The number of fused-ring (bicyclic) bond motifs is 2. The fourth-order valence-electron chi connectivity index (χ4n) is 7.46. The van der Waals surface area contributed by atoms with E-state index in [1.54, 1.807) is 24.8 Å². The Balaban J connectivity index is 1.48. The minimum atomic E-state index is -1.06. The third-order valence-electron chi connectivity index (χ3n) is 9.56. The average molecular weight is 689 g/mol. The number of carbonyl (C=O) groups excluding carboxylic acids is 1. The van der Waals surface area contributed by atoms with Crippen LogP contribution in [0.3, 0.4) is 0 Å². The summed E-state index contributed by atoms with van der Waals surface area (Å²) in [5.41, 5.74) is 10.2. The number of esters is 1. The first-order chi connectivity index (χ1) is 26.1. The summed E-state index contributed by atoms with van der Waals surface area (Å²) in [6, 6.07) is 31.4. The number of allylic oxidation sites excluding steroid dienone is 4. The molecule has 6 aromatic rings. The van der Waals surface area contributed by atoms with Crippen LogP contribution in [-0.4, -0.2) is 46.5 Å². The average Bonchev–Trinajstić information content (AvgIpc) is 4.02. The third-order valence-corrected chi connectivity index (χ3v) is 9.56. The molecule has 0 saturated carbocycles. The zero-order valence-electron chi connectivity index (χ0n) is 28.3. The Bertz CT molecular complexity index is 2630. The van der Waals surface area contributed by atoms with Gasteiger partial charge in [-0.15, -0.1) is 0 Å². The molecule has 0 spiro atoms. The van der Waals surface area contributed by atoms with Crippen molar-refractivity contribution < 1.29 is 9.53 Å². The van der Waals surface area contributed by atoms with Crippen molar-refractivity contribution in [3.8, 4) is 0 Å². The Morgan fingerprint density at radius 1 is 0.509 bits per heavy atom. The smallest absolute Gasteiger partial charge is 0.305 e. The molecule has 6 bridgehead atoms. The van der Waals surface area contributed by atoms with Crippen LogP contribution in [-0.2, 0) is 9.53 Å². The summed E-state index contributed by atoms with van der Waals surface area (Å²) in [7, 11) is 0. The van der Waals surface area contributed by atoms with E-state index in [0.29, 0.717) is 45.6 Å².